The van der Waals surface area contributed by atoms with Crippen molar-refractivity contribution in [2.45, 2.75) is 19.8 Å². The van der Waals surface area contributed by atoms with E-state index in [0.29, 0.717) is 5.84 Å². The van der Waals surface area contributed by atoms with Gasteiger partial charge in [-0.2, -0.15) is 0 Å². The van der Waals surface area contributed by atoms with Crippen LogP contribution in [0.3, 0.4) is 0 Å². The molecule has 0 aromatic carbocycles. The molecule has 0 bridgehead atoms. The van der Waals surface area contributed by atoms with Gasteiger partial charge in [0.25, 0.3) is 0 Å². The van der Waals surface area contributed by atoms with E-state index in [1.165, 1.54) is 0 Å². The first-order valence-electron chi connectivity index (χ1n) is 3.57. The first-order chi connectivity index (χ1) is 4.65. The molecule has 0 aromatic heterocycles. The summed E-state index contributed by atoms with van der Waals surface area (Å²) in [5, 5.41) is 7.31. The van der Waals surface area contributed by atoms with E-state index in [9.17, 15) is 0 Å². The molecule has 1 heterocycles. The minimum Gasteiger partial charge on any atom is -0.387 e. The summed E-state index contributed by atoms with van der Waals surface area (Å²) in [5.41, 5.74) is 5.34. The standard InChI is InChI=1S/C7H14N2O/c1-7(6(8)9)2-4-10-5-3-7/h2-5H2,1H3,(H3,8,9). The highest BCUT2D eigenvalue weighted by Gasteiger charge is 2.30. The first-order valence-corrected chi connectivity index (χ1v) is 3.57. The SMILES string of the molecule is CC1(C(=N)N)CCOCC1. The summed E-state index contributed by atoms with van der Waals surface area (Å²) in [7, 11) is 0. The van der Waals surface area contributed by atoms with Gasteiger partial charge < -0.3 is 10.5 Å². The molecule has 10 heavy (non-hydrogen) atoms. The molecule has 0 saturated carbocycles. The maximum atomic E-state index is 7.31. The number of amidine groups is 1. The smallest absolute Gasteiger partial charge is 0.0967 e. The van der Waals surface area contributed by atoms with Crippen molar-refractivity contribution in [3.63, 3.8) is 0 Å². The van der Waals surface area contributed by atoms with Crippen molar-refractivity contribution >= 4 is 5.84 Å². The zero-order chi connectivity index (χ0) is 7.61. The second-order valence-corrected chi connectivity index (χ2v) is 3.09. The van der Waals surface area contributed by atoms with Crippen LogP contribution in [0, 0.1) is 10.8 Å². The van der Waals surface area contributed by atoms with E-state index in [1.807, 2.05) is 6.92 Å². The van der Waals surface area contributed by atoms with E-state index in [1.54, 1.807) is 0 Å². The molecule has 0 atom stereocenters. The lowest BCUT2D eigenvalue weighted by Crippen LogP contribution is -2.38. The van der Waals surface area contributed by atoms with Crippen molar-refractivity contribution in [1.29, 1.82) is 5.41 Å². The molecule has 1 fully saturated rings. The van der Waals surface area contributed by atoms with Crippen LogP contribution in [0.25, 0.3) is 0 Å². The number of hydrogen-bond acceptors (Lipinski definition) is 2. The molecule has 3 nitrogen and oxygen atoms in total. The van der Waals surface area contributed by atoms with Gasteiger partial charge in [-0.1, -0.05) is 6.92 Å². The van der Waals surface area contributed by atoms with Crippen molar-refractivity contribution in [3.05, 3.63) is 0 Å². The van der Waals surface area contributed by atoms with E-state index in [2.05, 4.69) is 0 Å². The van der Waals surface area contributed by atoms with E-state index in [-0.39, 0.29) is 5.41 Å². The van der Waals surface area contributed by atoms with E-state index < -0.39 is 0 Å². The molecular formula is C7H14N2O. The van der Waals surface area contributed by atoms with Crippen molar-refractivity contribution in [1.82, 2.24) is 0 Å². The number of rotatable bonds is 1. The lowest BCUT2D eigenvalue weighted by atomic mass is 9.81. The zero-order valence-corrected chi connectivity index (χ0v) is 6.31. The van der Waals surface area contributed by atoms with Crippen LogP contribution in [0.1, 0.15) is 19.8 Å². The van der Waals surface area contributed by atoms with Crippen molar-refractivity contribution in [2.75, 3.05) is 13.2 Å². The number of ether oxygens (including phenoxy) is 1. The van der Waals surface area contributed by atoms with Crippen LogP contribution in [0.4, 0.5) is 0 Å². The Hall–Kier alpha value is -0.570. The van der Waals surface area contributed by atoms with Gasteiger partial charge in [0.05, 0.1) is 5.84 Å². The average Bonchev–Trinajstić information content (AvgIpc) is 1.89. The molecule has 0 spiro atoms. The molecule has 3 N–H and O–H groups in total. The quantitative estimate of drug-likeness (QED) is 0.419. The molecular weight excluding hydrogens is 128 g/mol. The highest BCUT2D eigenvalue weighted by molar-refractivity contribution is 5.83. The summed E-state index contributed by atoms with van der Waals surface area (Å²) in [6.45, 7) is 3.52. The van der Waals surface area contributed by atoms with Gasteiger partial charge in [0.2, 0.25) is 0 Å². The summed E-state index contributed by atoms with van der Waals surface area (Å²) in [6, 6.07) is 0. The number of hydrogen-bond donors (Lipinski definition) is 2. The van der Waals surface area contributed by atoms with Gasteiger partial charge in [-0.05, 0) is 12.8 Å². The third-order valence-electron chi connectivity index (χ3n) is 2.25. The van der Waals surface area contributed by atoms with Crippen molar-refractivity contribution in [2.24, 2.45) is 11.1 Å². The Bertz CT molecular complexity index is 139. The van der Waals surface area contributed by atoms with Crippen LogP contribution in [0.2, 0.25) is 0 Å². The second kappa shape index (κ2) is 2.58. The maximum Gasteiger partial charge on any atom is 0.0967 e. The second-order valence-electron chi connectivity index (χ2n) is 3.09. The number of nitrogens with one attached hydrogen (secondary N) is 1. The first kappa shape index (κ1) is 7.54. The van der Waals surface area contributed by atoms with E-state index in [4.69, 9.17) is 15.9 Å². The lowest BCUT2D eigenvalue weighted by Gasteiger charge is -2.31. The van der Waals surface area contributed by atoms with E-state index >= 15 is 0 Å². The lowest BCUT2D eigenvalue weighted by molar-refractivity contribution is 0.0517. The number of nitrogens with two attached hydrogens (primary N) is 1. The molecule has 0 aliphatic carbocycles. The largest absolute Gasteiger partial charge is 0.387 e. The molecule has 0 unspecified atom stereocenters. The Balaban J connectivity index is 2.56. The molecule has 1 saturated heterocycles. The molecule has 1 rings (SSSR count). The topological polar surface area (TPSA) is 59.1 Å². The predicted octanol–water partition coefficient (Wildman–Crippen LogP) is 0.739. The monoisotopic (exact) mass is 142 g/mol. The average molecular weight is 142 g/mol. The summed E-state index contributed by atoms with van der Waals surface area (Å²) in [6.07, 6.45) is 1.78. The van der Waals surface area contributed by atoms with Crippen LogP contribution < -0.4 is 5.73 Å². The van der Waals surface area contributed by atoms with Gasteiger partial charge in [-0.3, -0.25) is 5.41 Å². The molecule has 0 amide bonds. The van der Waals surface area contributed by atoms with Gasteiger partial charge in [0, 0.05) is 18.6 Å². The fraction of sp³-hybridized carbons (Fsp3) is 0.857. The minimum atomic E-state index is -0.0851. The molecule has 1 aliphatic rings. The maximum absolute atomic E-state index is 7.31. The van der Waals surface area contributed by atoms with Crippen LogP contribution in [0.15, 0.2) is 0 Å². The Morgan fingerprint density at radius 1 is 1.50 bits per heavy atom. The Morgan fingerprint density at radius 2 is 2.00 bits per heavy atom. The Labute approximate surface area is 61.1 Å². The Kier molecular flexibility index (Phi) is 1.94. The normalized spacial score (nSPS) is 24.1. The predicted molar refractivity (Wildman–Crippen MR) is 40.1 cm³/mol. The fourth-order valence-electron chi connectivity index (χ4n) is 1.09. The van der Waals surface area contributed by atoms with E-state index in [0.717, 1.165) is 26.1 Å². The summed E-state index contributed by atoms with van der Waals surface area (Å²) >= 11 is 0. The summed E-state index contributed by atoms with van der Waals surface area (Å²) in [5.74, 6) is 0.302. The van der Waals surface area contributed by atoms with Crippen LogP contribution in [-0.4, -0.2) is 19.0 Å². The molecule has 0 aromatic rings. The highest BCUT2D eigenvalue weighted by Crippen LogP contribution is 2.28. The molecule has 3 heteroatoms. The van der Waals surface area contributed by atoms with Gasteiger partial charge in [0.15, 0.2) is 0 Å². The van der Waals surface area contributed by atoms with Crippen LogP contribution in [-0.2, 0) is 4.74 Å². The van der Waals surface area contributed by atoms with Gasteiger partial charge >= 0.3 is 0 Å². The summed E-state index contributed by atoms with van der Waals surface area (Å²) in [4.78, 5) is 0. The summed E-state index contributed by atoms with van der Waals surface area (Å²) < 4.78 is 5.16. The minimum absolute atomic E-state index is 0.0851. The fourth-order valence-corrected chi connectivity index (χ4v) is 1.09. The van der Waals surface area contributed by atoms with Gasteiger partial charge in [-0.25, -0.2) is 0 Å². The molecule has 0 radical (unpaired) electrons. The molecule has 1 aliphatic heterocycles. The van der Waals surface area contributed by atoms with Crippen LogP contribution >= 0.6 is 0 Å². The van der Waals surface area contributed by atoms with Crippen molar-refractivity contribution in [3.8, 4) is 0 Å². The van der Waals surface area contributed by atoms with Crippen molar-refractivity contribution < 1.29 is 4.74 Å². The Morgan fingerprint density at radius 3 is 2.30 bits per heavy atom. The third-order valence-corrected chi connectivity index (χ3v) is 2.25. The van der Waals surface area contributed by atoms with Gasteiger partial charge in [0.1, 0.15) is 0 Å². The zero-order valence-electron chi connectivity index (χ0n) is 6.31. The highest BCUT2D eigenvalue weighted by atomic mass is 16.5. The molecule has 58 valence electrons. The third kappa shape index (κ3) is 1.29. The van der Waals surface area contributed by atoms with Gasteiger partial charge in [-0.15, -0.1) is 0 Å². The van der Waals surface area contributed by atoms with Crippen LogP contribution in [0.5, 0.6) is 0 Å².